The molecule has 0 aromatic rings. The average Bonchev–Trinajstić information content (AvgIpc) is 3.20. The number of Topliss-reactive ketones (excluding diaryl/α,β-unsaturated/α-hetero) is 1. The first-order valence-electron chi connectivity index (χ1n) is 10.8. The lowest BCUT2D eigenvalue weighted by Gasteiger charge is -2.58. The minimum absolute atomic E-state index is 0.0194. The van der Waals surface area contributed by atoms with Gasteiger partial charge in [-0.1, -0.05) is 36.8 Å². The summed E-state index contributed by atoms with van der Waals surface area (Å²) in [5, 5.41) is 0. The highest BCUT2D eigenvalue weighted by Crippen LogP contribution is 2.77. The van der Waals surface area contributed by atoms with Crippen molar-refractivity contribution >= 4 is 5.78 Å². The van der Waals surface area contributed by atoms with Crippen molar-refractivity contribution < 1.29 is 9.53 Å². The second-order valence-electron chi connectivity index (χ2n) is 10.2. The Morgan fingerprint density at radius 1 is 1.31 bits per heavy atom. The van der Waals surface area contributed by atoms with Crippen LogP contribution in [0, 0.1) is 46.8 Å². The molecule has 1 spiro atoms. The molecule has 138 valence electrons. The van der Waals surface area contributed by atoms with Crippen LogP contribution in [0.4, 0.5) is 0 Å². The lowest BCUT2D eigenvalue weighted by Crippen LogP contribution is -2.55. The summed E-state index contributed by atoms with van der Waals surface area (Å²) in [7, 11) is 0. The van der Waals surface area contributed by atoms with E-state index >= 15 is 0 Å². The van der Waals surface area contributed by atoms with Gasteiger partial charge in [-0.15, -0.1) is 6.58 Å². The molecule has 4 fully saturated rings. The van der Waals surface area contributed by atoms with Gasteiger partial charge >= 0.3 is 0 Å². The smallest absolute Gasteiger partial charge is 0.136 e. The van der Waals surface area contributed by atoms with Crippen molar-refractivity contribution in [2.24, 2.45) is 46.8 Å². The molecule has 5 aliphatic carbocycles. The van der Waals surface area contributed by atoms with Gasteiger partial charge in [0.1, 0.15) is 5.78 Å². The van der Waals surface area contributed by atoms with Crippen molar-refractivity contribution in [2.45, 2.75) is 51.0 Å². The van der Waals surface area contributed by atoms with E-state index in [2.05, 4.69) is 37.8 Å². The Bertz CT molecular complexity index is 747. The van der Waals surface area contributed by atoms with Crippen LogP contribution in [0.3, 0.4) is 0 Å². The minimum atomic E-state index is 0.0194. The van der Waals surface area contributed by atoms with Crippen LogP contribution in [0.1, 0.15) is 45.4 Å². The molecule has 0 N–H and O–H groups in total. The molecule has 0 radical (unpaired) electrons. The average molecular weight is 351 g/mol. The van der Waals surface area contributed by atoms with E-state index in [-0.39, 0.29) is 11.0 Å². The second kappa shape index (κ2) is 5.01. The van der Waals surface area contributed by atoms with Crippen molar-refractivity contribution in [3.63, 3.8) is 0 Å². The van der Waals surface area contributed by atoms with Crippen molar-refractivity contribution in [1.82, 2.24) is 0 Å². The van der Waals surface area contributed by atoms with Crippen LogP contribution in [0.25, 0.3) is 0 Å². The van der Waals surface area contributed by atoms with E-state index in [4.69, 9.17) is 4.74 Å². The summed E-state index contributed by atoms with van der Waals surface area (Å²) >= 11 is 0. The lowest BCUT2D eigenvalue weighted by atomic mass is 9.47. The Hall–Kier alpha value is -1.15. The number of rotatable bonds is 1. The Morgan fingerprint density at radius 2 is 2.19 bits per heavy atom. The molecule has 0 bridgehead atoms. The number of fused-ring (bicyclic) bond motifs is 9. The molecular formula is C24H30O2. The fraction of sp³-hybridized carbons (Fsp3) is 0.708. The monoisotopic (exact) mass is 350 g/mol. The van der Waals surface area contributed by atoms with Crippen LogP contribution in [-0.2, 0) is 9.53 Å². The summed E-state index contributed by atoms with van der Waals surface area (Å²) in [4.78, 5) is 12.0. The topological polar surface area (TPSA) is 26.3 Å². The largest absolute Gasteiger partial charge is 0.366 e. The first kappa shape index (κ1) is 15.9. The van der Waals surface area contributed by atoms with E-state index in [1.807, 2.05) is 0 Å². The third kappa shape index (κ3) is 1.71. The van der Waals surface area contributed by atoms with Gasteiger partial charge in [0.05, 0.1) is 12.2 Å². The van der Waals surface area contributed by atoms with Gasteiger partial charge in [-0.25, -0.2) is 0 Å². The van der Waals surface area contributed by atoms with E-state index in [1.54, 1.807) is 0 Å². The molecular weight excluding hydrogens is 320 g/mol. The molecule has 9 atom stereocenters. The van der Waals surface area contributed by atoms with Gasteiger partial charge in [-0.3, -0.25) is 4.79 Å². The zero-order valence-electron chi connectivity index (χ0n) is 15.8. The molecule has 1 aliphatic heterocycles. The highest BCUT2D eigenvalue weighted by molar-refractivity contribution is 5.82. The van der Waals surface area contributed by atoms with Gasteiger partial charge < -0.3 is 4.74 Å². The highest BCUT2D eigenvalue weighted by atomic mass is 16.5. The van der Waals surface area contributed by atoms with E-state index in [9.17, 15) is 4.79 Å². The molecule has 0 aromatic carbocycles. The number of hydrogen-bond acceptors (Lipinski definition) is 2. The van der Waals surface area contributed by atoms with E-state index in [1.165, 1.54) is 24.8 Å². The molecule has 0 unspecified atom stereocenters. The molecule has 0 amide bonds. The predicted molar refractivity (Wildman–Crippen MR) is 101 cm³/mol. The molecule has 0 saturated heterocycles. The van der Waals surface area contributed by atoms with Crippen LogP contribution in [0.2, 0.25) is 0 Å². The summed E-state index contributed by atoms with van der Waals surface area (Å²) in [6.07, 6.45) is 15.9. The van der Waals surface area contributed by atoms with Gasteiger partial charge in [0.2, 0.25) is 0 Å². The number of carbonyl (C=O) groups excluding carboxylic acids is 1. The predicted octanol–water partition coefficient (Wildman–Crippen LogP) is 4.72. The molecule has 26 heavy (non-hydrogen) atoms. The molecule has 4 saturated carbocycles. The van der Waals surface area contributed by atoms with Gasteiger partial charge in [-0.05, 0) is 67.1 Å². The minimum Gasteiger partial charge on any atom is -0.366 e. The summed E-state index contributed by atoms with van der Waals surface area (Å²) in [5.74, 6) is 5.37. The van der Waals surface area contributed by atoms with Crippen LogP contribution < -0.4 is 0 Å². The first-order valence-corrected chi connectivity index (χ1v) is 10.8. The fourth-order valence-corrected chi connectivity index (χ4v) is 8.50. The number of allylic oxidation sites excluding steroid dienone is 3. The Kier molecular flexibility index (Phi) is 3.06. The second-order valence-corrected chi connectivity index (χ2v) is 10.2. The summed E-state index contributed by atoms with van der Waals surface area (Å²) in [6.45, 7) is 7.57. The molecule has 0 aromatic heterocycles. The van der Waals surface area contributed by atoms with Crippen molar-refractivity contribution in [3.05, 3.63) is 36.5 Å². The molecule has 2 heteroatoms. The molecule has 1 heterocycles. The zero-order chi connectivity index (χ0) is 17.7. The normalized spacial score (nSPS) is 56.4. The van der Waals surface area contributed by atoms with Crippen molar-refractivity contribution in [2.75, 3.05) is 6.61 Å². The van der Waals surface area contributed by atoms with E-state index in [0.717, 1.165) is 43.1 Å². The molecule has 2 nitrogen and oxygen atoms in total. The van der Waals surface area contributed by atoms with E-state index < -0.39 is 0 Å². The molecule has 6 rings (SSSR count). The number of carbonyl (C=O) groups is 1. The Balaban J connectivity index is 1.44. The fourth-order valence-electron chi connectivity index (χ4n) is 8.50. The summed E-state index contributed by atoms with van der Waals surface area (Å²) in [5.41, 5.74) is 1.75. The van der Waals surface area contributed by atoms with E-state index in [0.29, 0.717) is 30.0 Å². The van der Waals surface area contributed by atoms with Gasteiger partial charge in [0, 0.05) is 18.3 Å². The maximum Gasteiger partial charge on any atom is 0.136 e. The van der Waals surface area contributed by atoms with Crippen LogP contribution in [-0.4, -0.2) is 18.0 Å². The third-order valence-corrected chi connectivity index (χ3v) is 9.42. The maximum atomic E-state index is 12.0. The summed E-state index contributed by atoms with van der Waals surface area (Å²) in [6, 6.07) is 0. The lowest BCUT2D eigenvalue weighted by molar-refractivity contribution is -0.134. The SMILES string of the molecule is C=C[C@H]1C=C2CC(=O)CC[C@@H]2[C@H]2CC[C@@]3(C)[C@@H]([C@H]4C[C@H]4[C@@]34C=CCO4)[C@H]12. The van der Waals surface area contributed by atoms with Crippen LogP contribution in [0.5, 0.6) is 0 Å². The molecule has 6 aliphatic rings. The van der Waals surface area contributed by atoms with Gasteiger partial charge in [-0.2, -0.15) is 0 Å². The Morgan fingerprint density at radius 3 is 2.96 bits per heavy atom. The highest BCUT2D eigenvalue weighted by Gasteiger charge is 2.76. The van der Waals surface area contributed by atoms with Crippen LogP contribution in [0.15, 0.2) is 36.5 Å². The number of hydrogen-bond donors (Lipinski definition) is 0. The van der Waals surface area contributed by atoms with Gasteiger partial charge in [0.25, 0.3) is 0 Å². The van der Waals surface area contributed by atoms with Crippen molar-refractivity contribution in [3.8, 4) is 0 Å². The number of ketones is 1. The van der Waals surface area contributed by atoms with Crippen LogP contribution >= 0.6 is 0 Å². The summed E-state index contributed by atoms with van der Waals surface area (Å²) < 4.78 is 6.50. The zero-order valence-corrected chi connectivity index (χ0v) is 15.8. The quantitative estimate of drug-likeness (QED) is 0.640. The van der Waals surface area contributed by atoms with Gasteiger partial charge in [0.15, 0.2) is 0 Å². The Labute approximate surface area is 156 Å². The maximum absolute atomic E-state index is 12.0. The van der Waals surface area contributed by atoms with Crippen molar-refractivity contribution in [1.29, 1.82) is 0 Å². The number of ether oxygens (including phenoxy) is 1. The first-order chi connectivity index (χ1) is 12.6. The third-order valence-electron chi connectivity index (χ3n) is 9.42. The standard InChI is InChI=1S/C24H30O2/c1-3-14-11-15-12-16(25)5-6-17(15)18-7-9-23(2)22(21(14)18)19-13-20(19)24(23)8-4-10-26-24/h3-4,8,11,14,17-22H,1,5-7,9-10,12-13H2,2H3/t14-,17-,18+,19-,20+,21+,22-,23-,24-/m0/s1.